The number of hydrogen-bond acceptors (Lipinski definition) is 6. The van der Waals surface area contributed by atoms with E-state index in [0.29, 0.717) is 25.9 Å². The Kier molecular flexibility index (Phi) is 7.48. The van der Waals surface area contributed by atoms with E-state index in [9.17, 15) is 14.3 Å². The molecule has 3 fully saturated rings. The molecule has 1 amide bonds. The number of piperidine rings is 1. The number of nitrogens with zero attached hydrogens (tertiary/aromatic N) is 3. The van der Waals surface area contributed by atoms with Gasteiger partial charge in [0.15, 0.2) is 11.6 Å². The number of pyridine rings is 1. The van der Waals surface area contributed by atoms with Gasteiger partial charge in [-0.3, -0.25) is 4.98 Å². The van der Waals surface area contributed by atoms with Crippen LogP contribution in [0, 0.1) is 17.1 Å². The number of halogens is 1. The second-order valence-electron chi connectivity index (χ2n) is 8.52. The topological polar surface area (TPSA) is 95.7 Å². The molecule has 1 N–H and O–H groups in total. The first-order valence-corrected chi connectivity index (χ1v) is 10.8. The summed E-state index contributed by atoms with van der Waals surface area (Å²) >= 11 is 0. The Hall–Kier alpha value is -2.40. The molecule has 4 rings (SSSR count). The fourth-order valence-corrected chi connectivity index (χ4v) is 3.57. The SMILES string of the molecule is CC1(OC(=O)N2CCC(O)CC2)CC1.N#Cc1cncc(F)c1OC1CCCCC1. The summed E-state index contributed by atoms with van der Waals surface area (Å²) < 4.78 is 24.4. The molecule has 1 aliphatic heterocycles. The average molecular weight is 419 g/mol. The Bertz CT molecular complexity index is 764. The van der Waals surface area contributed by atoms with Crippen LogP contribution in [0.3, 0.4) is 0 Å². The van der Waals surface area contributed by atoms with Gasteiger partial charge in [-0.2, -0.15) is 5.26 Å². The summed E-state index contributed by atoms with van der Waals surface area (Å²) in [5.74, 6) is -0.492. The van der Waals surface area contributed by atoms with Crippen molar-refractivity contribution in [1.29, 1.82) is 5.26 Å². The van der Waals surface area contributed by atoms with Crippen molar-refractivity contribution in [1.82, 2.24) is 9.88 Å². The van der Waals surface area contributed by atoms with Crippen molar-refractivity contribution >= 4 is 6.09 Å². The zero-order chi connectivity index (χ0) is 21.6. The average Bonchev–Trinajstić information content (AvgIpc) is 3.47. The van der Waals surface area contributed by atoms with E-state index in [-0.39, 0.29) is 35.2 Å². The van der Waals surface area contributed by atoms with Gasteiger partial charge in [-0.15, -0.1) is 0 Å². The number of rotatable bonds is 3. The summed E-state index contributed by atoms with van der Waals surface area (Å²) in [4.78, 5) is 16.9. The predicted octanol–water partition coefficient (Wildman–Crippen LogP) is 3.94. The fourth-order valence-electron chi connectivity index (χ4n) is 3.57. The molecule has 0 spiro atoms. The van der Waals surface area contributed by atoms with Crippen LogP contribution in [0.1, 0.15) is 70.3 Å². The van der Waals surface area contributed by atoms with Crippen LogP contribution in [0.25, 0.3) is 0 Å². The number of ether oxygens (including phenoxy) is 2. The Morgan fingerprint density at radius 3 is 2.50 bits per heavy atom. The molecular formula is C22H30FN3O4. The van der Waals surface area contributed by atoms with Crippen LogP contribution in [0.15, 0.2) is 12.4 Å². The molecule has 7 nitrogen and oxygen atoms in total. The number of aromatic nitrogens is 1. The molecule has 0 atom stereocenters. The van der Waals surface area contributed by atoms with Gasteiger partial charge in [0.1, 0.15) is 17.2 Å². The van der Waals surface area contributed by atoms with Gasteiger partial charge in [0, 0.05) is 19.3 Å². The van der Waals surface area contributed by atoms with Gasteiger partial charge in [0.05, 0.1) is 18.4 Å². The first kappa shape index (κ1) is 22.3. The van der Waals surface area contributed by atoms with Gasteiger partial charge in [0.2, 0.25) is 0 Å². The predicted molar refractivity (Wildman–Crippen MR) is 107 cm³/mol. The van der Waals surface area contributed by atoms with Gasteiger partial charge in [0.25, 0.3) is 0 Å². The molecule has 2 heterocycles. The fraction of sp³-hybridized carbons (Fsp3) is 0.682. The quantitative estimate of drug-likeness (QED) is 0.797. The van der Waals surface area contributed by atoms with Crippen LogP contribution in [-0.4, -0.2) is 52.0 Å². The molecule has 8 heteroatoms. The third kappa shape index (κ3) is 6.30. The zero-order valence-corrected chi connectivity index (χ0v) is 17.5. The molecule has 3 aliphatic rings. The molecule has 1 saturated heterocycles. The minimum Gasteiger partial charge on any atom is -0.486 e. The maximum absolute atomic E-state index is 13.5. The van der Waals surface area contributed by atoms with E-state index < -0.39 is 5.82 Å². The van der Waals surface area contributed by atoms with Gasteiger partial charge in [-0.1, -0.05) is 6.42 Å². The first-order valence-electron chi connectivity index (χ1n) is 10.8. The summed E-state index contributed by atoms with van der Waals surface area (Å²) in [6.45, 7) is 3.20. The van der Waals surface area contributed by atoms with Crippen molar-refractivity contribution in [2.75, 3.05) is 13.1 Å². The lowest BCUT2D eigenvalue weighted by Gasteiger charge is -2.29. The highest BCUT2D eigenvalue weighted by Gasteiger charge is 2.42. The Balaban J connectivity index is 0.000000172. The van der Waals surface area contributed by atoms with E-state index in [4.69, 9.17) is 14.7 Å². The second-order valence-corrected chi connectivity index (χ2v) is 8.52. The summed E-state index contributed by atoms with van der Waals surface area (Å²) in [6.07, 6.45) is 10.6. The second kappa shape index (κ2) is 10.1. The van der Waals surface area contributed by atoms with Crippen molar-refractivity contribution in [2.45, 2.75) is 82.5 Å². The standard InChI is InChI=1S/C12H13FN2O.C10H17NO3/c13-11-8-15-7-9(6-14)12(11)16-10-4-2-1-3-5-10;1-10(4-5-10)14-9(13)11-6-2-8(12)3-7-11/h7-8,10H,1-5H2;8,12H,2-7H2,1H3. The normalized spacial score (nSPS) is 21.1. The number of carbonyl (C=O) groups is 1. The van der Waals surface area contributed by atoms with Crippen LogP contribution in [0.2, 0.25) is 0 Å². The van der Waals surface area contributed by atoms with Crippen LogP contribution in [-0.2, 0) is 4.74 Å². The third-order valence-electron chi connectivity index (χ3n) is 5.82. The van der Waals surface area contributed by atoms with Crippen molar-refractivity contribution in [2.24, 2.45) is 0 Å². The molecule has 0 bridgehead atoms. The highest BCUT2D eigenvalue weighted by Crippen LogP contribution is 2.39. The highest BCUT2D eigenvalue weighted by atomic mass is 19.1. The Labute approximate surface area is 176 Å². The summed E-state index contributed by atoms with van der Waals surface area (Å²) in [7, 11) is 0. The minimum atomic E-state index is -0.551. The number of aliphatic hydroxyl groups excluding tert-OH is 1. The molecular weight excluding hydrogens is 389 g/mol. The van der Waals surface area contributed by atoms with Gasteiger partial charge < -0.3 is 19.5 Å². The summed E-state index contributed by atoms with van der Waals surface area (Å²) in [6, 6.07) is 1.90. The lowest BCUT2D eigenvalue weighted by Crippen LogP contribution is -2.41. The molecule has 0 aromatic carbocycles. The minimum absolute atomic E-state index is 0.0396. The van der Waals surface area contributed by atoms with Crippen LogP contribution < -0.4 is 4.74 Å². The number of aliphatic hydroxyl groups is 1. The van der Waals surface area contributed by atoms with Gasteiger partial charge >= 0.3 is 6.09 Å². The van der Waals surface area contributed by atoms with E-state index in [1.165, 1.54) is 12.6 Å². The summed E-state index contributed by atoms with van der Waals surface area (Å²) in [5.41, 5.74) is -0.0155. The van der Waals surface area contributed by atoms with Gasteiger partial charge in [-0.05, 0) is 58.3 Å². The first-order chi connectivity index (χ1) is 14.4. The maximum Gasteiger partial charge on any atom is 0.410 e. The molecule has 30 heavy (non-hydrogen) atoms. The lowest BCUT2D eigenvalue weighted by molar-refractivity contribution is 0.0342. The van der Waals surface area contributed by atoms with Crippen molar-refractivity contribution in [3.05, 3.63) is 23.8 Å². The largest absolute Gasteiger partial charge is 0.486 e. The van der Waals surface area contributed by atoms with Gasteiger partial charge in [-0.25, -0.2) is 9.18 Å². The monoisotopic (exact) mass is 419 g/mol. The van der Waals surface area contributed by atoms with Crippen molar-refractivity contribution in [3.8, 4) is 11.8 Å². The van der Waals surface area contributed by atoms with Crippen molar-refractivity contribution in [3.63, 3.8) is 0 Å². The molecule has 1 aromatic rings. The lowest BCUT2D eigenvalue weighted by atomic mass is 9.98. The molecule has 2 saturated carbocycles. The summed E-state index contributed by atoms with van der Waals surface area (Å²) in [5, 5.41) is 18.1. The number of likely N-dealkylation sites (tertiary alicyclic amines) is 1. The number of nitriles is 1. The van der Waals surface area contributed by atoms with E-state index in [0.717, 1.165) is 44.7 Å². The van der Waals surface area contributed by atoms with E-state index in [1.54, 1.807) is 4.90 Å². The zero-order valence-electron chi connectivity index (χ0n) is 17.5. The smallest absolute Gasteiger partial charge is 0.410 e. The number of amides is 1. The molecule has 1 aromatic heterocycles. The molecule has 0 unspecified atom stereocenters. The Morgan fingerprint density at radius 1 is 1.23 bits per heavy atom. The third-order valence-corrected chi connectivity index (χ3v) is 5.82. The van der Waals surface area contributed by atoms with E-state index in [1.807, 2.05) is 13.0 Å². The number of carbonyl (C=O) groups excluding carboxylic acids is 1. The van der Waals surface area contributed by atoms with Crippen LogP contribution >= 0.6 is 0 Å². The number of hydrogen-bond donors (Lipinski definition) is 1. The van der Waals surface area contributed by atoms with Crippen LogP contribution in [0.5, 0.6) is 5.75 Å². The highest BCUT2D eigenvalue weighted by molar-refractivity contribution is 5.68. The molecule has 0 radical (unpaired) electrons. The van der Waals surface area contributed by atoms with Crippen LogP contribution in [0.4, 0.5) is 9.18 Å². The molecule has 2 aliphatic carbocycles. The van der Waals surface area contributed by atoms with Crippen molar-refractivity contribution < 1.29 is 23.8 Å². The Morgan fingerprint density at radius 2 is 1.90 bits per heavy atom. The van der Waals surface area contributed by atoms with E-state index >= 15 is 0 Å². The maximum atomic E-state index is 13.5. The van der Waals surface area contributed by atoms with E-state index in [2.05, 4.69) is 4.98 Å². The molecule has 164 valence electrons.